The summed E-state index contributed by atoms with van der Waals surface area (Å²) >= 11 is 0. The van der Waals surface area contributed by atoms with Crippen LogP contribution in [-0.2, 0) is 16.6 Å². The number of hydrogen-bond donors (Lipinski definition) is 1. The number of aryl methyl sites for hydroxylation is 1. The van der Waals surface area contributed by atoms with Gasteiger partial charge in [0.1, 0.15) is 5.58 Å². The number of fused-ring (bicyclic) bond motifs is 1. The molecule has 0 radical (unpaired) electrons. The van der Waals surface area contributed by atoms with E-state index in [0.29, 0.717) is 30.8 Å². The van der Waals surface area contributed by atoms with Crippen LogP contribution >= 0.6 is 0 Å². The standard InChI is InChI=1S/C26H26N2O4S/c1-20-12-14-22(15-13-20)33(30,31)28(19-21-8-3-2-4-9-21)17-7-16-27-24-18-26(29)32-25-11-6-5-10-23(24)25/h2-6,8-15,18,27H,7,16-17,19H2,1H3. The third-order valence-electron chi connectivity index (χ3n) is 5.41. The molecule has 0 atom stereocenters. The van der Waals surface area contributed by atoms with Gasteiger partial charge in [-0.3, -0.25) is 0 Å². The van der Waals surface area contributed by atoms with Gasteiger partial charge in [-0.25, -0.2) is 13.2 Å². The molecule has 4 aromatic rings. The number of nitrogens with one attached hydrogen (secondary N) is 1. The first-order valence-electron chi connectivity index (χ1n) is 10.8. The van der Waals surface area contributed by atoms with Crippen molar-refractivity contribution in [1.29, 1.82) is 0 Å². The maximum Gasteiger partial charge on any atom is 0.338 e. The van der Waals surface area contributed by atoms with Crippen LogP contribution < -0.4 is 10.9 Å². The third-order valence-corrected chi connectivity index (χ3v) is 7.27. The van der Waals surface area contributed by atoms with Crippen molar-refractivity contribution in [1.82, 2.24) is 4.31 Å². The predicted octanol–water partition coefficient (Wildman–Crippen LogP) is 4.79. The van der Waals surface area contributed by atoms with E-state index >= 15 is 0 Å². The summed E-state index contributed by atoms with van der Waals surface area (Å²) in [6.07, 6.45) is 0.562. The van der Waals surface area contributed by atoms with Gasteiger partial charge < -0.3 is 9.73 Å². The number of rotatable bonds is 9. The Morgan fingerprint density at radius 2 is 1.61 bits per heavy atom. The minimum atomic E-state index is -3.66. The summed E-state index contributed by atoms with van der Waals surface area (Å²) in [7, 11) is -3.66. The van der Waals surface area contributed by atoms with Gasteiger partial charge in [-0.2, -0.15) is 4.31 Å². The van der Waals surface area contributed by atoms with Crippen LogP contribution in [0.25, 0.3) is 11.0 Å². The lowest BCUT2D eigenvalue weighted by Crippen LogP contribution is -2.32. The molecule has 0 aliphatic heterocycles. The largest absolute Gasteiger partial charge is 0.423 e. The Labute approximate surface area is 193 Å². The van der Waals surface area contributed by atoms with Gasteiger partial charge in [0, 0.05) is 31.1 Å². The maximum absolute atomic E-state index is 13.4. The second kappa shape index (κ2) is 10.0. The molecule has 0 fully saturated rings. The molecule has 0 bridgehead atoms. The minimum Gasteiger partial charge on any atom is -0.423 e. The summed E-state index contributed by atoms with van der Waals surface area (Å²) in [5, 5.41) is 4.08. The number of anilines is 1. The SMILES string of the molecule is Cc1ccc(S(=O)(=O)N(CCCNc2cc(=O)oc3ccccc23)Cc2ccccc2)cc1. The van der Waals surface area contributed by atoms with E-state index in [1.165, 1.54) is 10.4 Å². The first-order chi connectivity index (χ1) is 15.9. The van der Waals surface area contributed by atoms with E-state index in [1.54, 1.807) is 30.3 Å². The molecule has 0 aliphatic carbocycles. The first-order valence-corrected chi connectivity index (χ1v) is 12.2. The first kappa shape index (κ1) is 22.8. The van der Waals surface area contributed by atoms with Gasteiger partial charge in [0.25, 0.3) is 0 Å². The lowest BCUT2D eigenvalue weighted by molar-refractivity contribution is 0.403. The van der Waals surface area contributed by atoms with E-state index in [0.717, 1.165) is 16.5 Å². The minimum absolute atomic E-state index is 0.281. The number of benzene rings is 3. The Kier molecular flexibility index (Phi) is 6.91. The highest BCUT2D eigenvalue weighted by Crippen LogP contribution is 2.22. The Morgan fingerprint density at radius 1 is 0.909 bits per heavy atom. The molecule has 0 spiro atoms. The summed E-state index contributed by atoms with van der Waals surface area (Å²) in [6.45, 7) is 3.05. The Hall–Kier alpha value is -3.42. The Morgan fingerprint density at radius 3 is 2.36 bits per heavy atom. The fraction of sp³-hybridized carbons (Fsp3) is 0.192. The van der Waals surface area contributed by atoms with Crippen molar-refractivity contribution in [2.75, 3.05) is 18.4 Å². The monoisotopic (exact) mass is 462 g/mol. The Bertz CT molecular complexity index is 1380. The fourth-order valence-corrected chi connectivity index (χ4v) is 5.13. The summed E-state index contributed by atoms with van der Waals surface area (Å²) < 4.78 is 33.5. The molecule has 33 heavy (non-hydrogen) atoms. The second-order valence-corrected chi connectivity index (χ2v) is 9.83. The molecule has 170 valence electrons. The average molecular weight is 463 g/mol. The summed E-state index contributed by atoms with van der Waals surface area (Å²) in [5.41, 5.74) is 2.70. The van der Waals surface area contributed by atoms with E-state index in [2.05, 4.69) is 5.32 Å². The van der Waals surface area contributed by atoms with Crippen LogP contribution in [0.2, 0.25) is 0 Å². The lowest BCUT2D eigenvalue weighted by atomic mass is 10.2. The van der Waals surface area contributed by atoms with Gasteiger partial charge in [0.05, 0.1) is 10.6 Å². The molecule has 1 heterocycles. The third kappa shape index (κ3) is 5.50. The van der Waals surface area contributed by atoms with Crippen LogP contribution in [0.1, 0.15) is 17.5 Å². The van der Waals surface area contributed by atoms with Crippen molar-refractivity contribution >= 4 is 26.7 Å². The van der Waals surface area contributed by atoms with Crippen molar-refractivity contribution in [2.24, 2.45) is 0 Å². The van der Waals surface area contributed by atoms with Crippen LogP contribution in [0.15, 0.2) is 99.0 Å². The van der Waals surface area contributed by atoms with Crippen molar-refractivity contribution < 1.29 is 12.8 Å². The van der Waals surface area contributed by atoms with Gasteiger partial charge in [-0.05, 0) is 43.2 Å². The van der Waals surface area contributed by atoms with Crippen LogP contribution in [-0.4, -0.2) is 25.8 Å². The quantitative estimate of drug-likeness (QED) is 0.286. The van der Waals surface area contributed by atoms with Crippen molar-refractivity contribution in [3.63, 3.8) is 0 Å². The highest BCUT2D eigenvalue weighted by molar-refractivity contribution is 7.89. The average Bonchev–Trinajstić information content (AvgIpc) is 2.81. The molecule has 0 amide bonds. The van der Waals surface area contributed by atoms with Crippen LogP contribution in [0.4, 0.5) is 5.69 Å². The zero-order chi connectivity index (χ0) is 23.3. The van der Waals surface area contributed by atoms with Crippen LogP contribution in [0, 0.1) is 6.92 Å². The van der Waals surface area contributed by atoms with Gasteiger partial charge in [0.2, 0.25) is 10.0 Å². The molecule has 1 aromatic heterocycles. The molecule has 0 unspecified atom stereocenters. The smallest absolute Gasteiger partial charge is 0.338 e. The molecular weight excluding hydrogens is 436 g/mol. The number of para-hydroxylation sites is 1. The molecule has 6 nitrogen and oxygen atoms in total. The van der Waals surface area contributed by atoms with Crippen molar-refractivity contribution in [3.05, 3.63) is 106 Å². The zero-order valence-electron chi connectivity index (χ0n) is 18.4. The van der Waals surface area contributed by atoms with Gasteiger partial charge >= 0.3 is 5.63 Å². The molecule has 3 aromatic carbocycles. The maximum atomic E-state index is 13.4. The molecule has 0 aliphatic rings. The van der Waals surface area contributed by atoms with E-state index in [1.807, 2.05) is 55.5 Å². The molecule has 4 rings (SSSR count). The summed E-state index contributed by atoms with van der Waals surface area (Å²) in [4.78, 5) is 12.1. The van der Waals surface area contributed by atoms with Gasteiger partial charge in [-0.15, -0.1) is 0 Å². The van der Waals surface area contributed by atoms with Gasteiger partial charge in [0.15, 0.2) is 0 Å². The van der Waals surface area contributed by atoms with E-state index in [4.69, 9.17) is 4.42 Å². The molecule has 1 N–H and O–H groups in total. The zero-order valence-corrected chi connectivity index (χ0v) is 19.2. The van der Waals surface area contributed by atoms with Crippen molar-refractivity contribution in [2.45, 2.75) is 24.8 Å². The molecular formula is C26H26N2O4S. The Balaban J connectivity index is 1.50. The lowest BCUT2D eigenvalue weighted by Gasteiger charge is -2.23. The van der Waals surface area contributed by atoms with Crippen LogP contribution in [0.5, 0.6) is 0 Å². The fourth-order valence-electron chi connectivity index (χ4n) is 3.67. The molecule has 0 saturated heterocycles. The summed E-state index contributed by atoms with van der Waals surface area (Å²) in [6, 6.07) is 25.2. The van der Waals surface area contributed by atoms with Gasteiger partial charge in [-0.1, -0.05) is 60.2 Å². The predicted molar refractivity (Wildman–Crippen MR) is 131 cm³/mol. The second-order valence-electron chi connectivity index (χ2n) is 7.89. The summed E-state index contributed by atoms with van der Waals surface area (Å²) in [5.74, 6) is 0. The number of hydrogen-bond acceptors (Lipinski definition) is 5. The van der Waals surface area contributed by atoms with Crippen molar-refractivity contribution in [3.8, 4) is 0 Å². The molecule has 7 heteroatoms. The van der Waals surface area contributed by atoms with E-state index in [9.17, 15) is 13.2 Å². The number of nitrogens with zero attached hydrogens (tertiary/aromatic N) is 1. The highest BCUT2D eigenvalue weighted by atomic mass is 32.2. The molecule has 0 saturated carbocycles. The topological polar surface area (TPSA) is 79.6 Å². The number of sulfonamides is 1. The van der Waals surface area contributed by atoms with E-state index < -0.39 is 15.6 Å². The normalized spacial score (nSPS) is 11.7. The van der Waals surface area contributed by atoms with E-state index in [-0.39, 0.29) is 11.4 Å². The van der Waals surface area contributed by atoms with Crippen LogP contribution in [0.3, 0.4) is 0 Å². The highest BCUT2D eigenvalue weighted by Gasteiger charge is 2.24.